The Hall–Kier alpha value is -4.65. The monoisotopic (exact) mass is 778 g/mol. The van der Waals surface area contributed by atoms with Crippen molar-refractivity contribution in [1.29, 1.82) is 0 Å². The largest absolute Gasteiger partial charge is 0.496 e. The van der Waals surface area contributed by atoms with Gasteiger partial charge in [0.05, 0.1) is 27.4 Å². The summed E-state index contributed by atoms with van der Waals surface area (Å²) in [6.45, 7) is 9.19. The van der Waals surface area contributed by atoms with Crippen LogP contribution in [0.25, 0.3) is 10.9 Å². The van der Waals surface area contributed by atoms with E-state index in [0.717, 1.165) is 52.9 Å². The number of para-hydroxylation sites is 1. The zero-order valence-electron chi connectivity index (χ0n) is 34.0. The first-order valence-electron chi connectivity index (χ1n) is 20.3. The SMILES string of the molecule is CCC1=C[C@@H]2CN(C1)Cc1c([nH]c3ccccc13)[C@](C(=O)OC)(c1cc3c(cc1OC)N(C)[C@H]1[C@@](O)(C(=O)OC)[C@H](OC(C)=O)[C@]4(CC)C=CCN5CC[C@]31[C@@H]54)C2. The van der Waals surface area contributed by atoms with Crippen molar-refractivity contribution in [3.63, 3.8) is 0 Å². The van der Waals surface area contributed by atoms with Crippen molar-refractivity contribution in [2.45, 2.75) is 87.6 Å². The number of nitrogens with zero attached hydrogens (tertiary/aromatic N) is 3. The highest BCUT2D eigenvalue weighted by atomic mass is 16.6. The third-order valence-electron chi connectivity index (χ3n) is 14.8. The zero-order valence-corrected chi connectivity index (χ0v) is 34.0. The molecule has 12 nitrogen and oxygen atoms in total. The highest BCUT2D eigenvalue weighted by molar-refractivity contribution is 5.95. The van der Waals surface area contributed by atoms with Gasteiger partial charge in [-0.05, 0) is 61.4 Å². The molecule has 5 aliphatic heterocycles. The second-order valence-corrected chi connectivity index (χ2v) is 17.2. The van der Waals surface area contributed by atoms with E-state index in [1.54, 1.807) is 7.11 Å². The van der Waals surface area contributed by atoms with Crippen LogP contribution in [0, 0.1) is 11.3 Å². The Kier molecular flexibility index (Phi) is 8.77. The molecular formula is C45H54N4O8. The Morgan fingerprint density at radius 2 is 1.77 bits per heavy atom. The summed E-state index contributed by atoms with van der Waals surface area (Å²) in [5, 5.41) is 14.4. The second kappa shape index (κ2) is 13.2. The Labute approximate surface area is 333 Å². The van der Waals surface area contributed by atoms with Crippen molar-refractivity contribution in [2.75, 3.05) is 59.5 Å². The molecule has 0 amide bonds. The third-order valence-corrected chi connectivity index (χ3v) is 14.8. The van der Waals surface area contributed by atoms with Crippen LogP contribution in [-0.4, -0.2) is 116 Å². The predicted octanol–water partition coefficient (Wildman–Crippen LogP) is 4.75. The minimum atomic E-state index is -2.27. The average molecular weight is 779 g/mol. The summed E-state index contributed by atoms with van der Waals surface area (Å²) in [4.78, 5) is 53.1. The summed E-state index contributed by atoms with van der Waals surface area (Å²) >= 11 is 0. The van der Waals surface area contributed by atoms with Crippen molar-refractivity contribution >= 4 is 34.5 Å². The molecule has 9 atom stereocenters. The minimum absolute atomic E-state index is 0.0284. The molecule has 1 saturated carbocycles. The van der Waals surface area contributed by atoms with Crippen molar-refractivity contribution in [3.8, 4) is 5.75 Å². The van der Waals surface area contributed by atoms with Crippen LogP contribution in [0.4, 0.5) is 5.69 Å². The van der Waals surface area contributed by atoms with E-state index in [1.807, 2.05) is 37.1 Å². The number of aromatic nitrogens is 1. The minimum Gasteiger partial charge on any atom is -0.496 e. The summed E-state index contributed by atoms with van der Waals surface area (Å²) in [6.07, 6.45) is 7.67. The lowest BCUT2D eigenvalue weighted by molar-refractivity contribution is -0.228. The molecule has 57 heavy (non-hydrogen) atoms. The number of carbonyl (C=O) groups is 3. The van der Waals surface area contributed by atoms with Gasteiger partial charge in [0.15, 0.2) is 6.10 Å². The van der Waals surface area contributed by atoms with Gasteiger partial charge < -0.3 is 33.9 Å². The molecule has 2 aromatic carbocycles. The Balaban J connectivity index is 1.37. The molecule has 3 aromatic rings. The lowest BCUT2D eigenvalue weighted by Gasteiger charge is -2.63. The molecule has 2 N–H and O–H groups in total. The number of aromatic amines is 1. The van der Waals surface area contributed by atoms with Gasteiger partial charge in [0.2, 0.25) is 5.60 Å². The van der Waals surface area contributed by atoms with E-state index in [-0.39, 0.29) is 17.9 Å². The number of rotatable bonds is 7. The van der Waals surface area contributed by atoms with Crippen LogP contribution < -0.4 is 9.64 Å². The first-order chi connectivity index (χ1) is 27.4. The van der Waals surface area contributed by atoms with E-state index in [1.165, 1.54) is 26.7 Å². The van der Waals surface area contributed by atoms with Crippen LogP contribution in [-0.2, 0) is 46.0 Å². The molecule has 1 saturated heterocycles. The van der Waals surface area contributed by atoms with Crippen LogP contribution in [0.5, 0.6) is 5.75 Å². The van der Waals surface area contributed by atoms with E-state index >= 15 is 4.79 Å². The third kappa shape index (κ3) is 4.80. The van der Waals surface area contributed by atoms with E-state index in [4.69, 9.17) is 18.9 Å². The number of H-pyrrole nitrogens is 1. The molecule has 2 bridgehead atoms. The Morgan fingerprint density at radius 1 is 1.00 bits per heavy atom. The van der Waals surface area contributed by atoms with E-state index in [9.17, 15) is 14.7 Å². The fraction of sp³-hybridized carbons (Fsp3) is 0.533. The maximum absolute atomic E-state index is 15.2. The number of esters is 3. The zero-order chi connectivity index (χ0) is 40.2. The second-order valence-electron chi connectivity index (χ2n) is 17.2. The molecule has 1 aromatic heterocycles. The van der Waals surface area contributed by atoms with Gasteiger partial charge in [-0.1, -0.05) is 55.8 Å². The van der Waals surface area contributed by atoms with Gasteiger partial charge in [-0.3, -0.25) is 19.4 Å². The number of likely N-dealkylation sites (N-methyl/N-ethyl adjacent to an activating group) is 1. The number of ether oxygens (including phenoxy) is 4. The van der Waals surface area contributed by atoms with Crippen LogP contribution in [0.15, 0.2) is 60.2 Å². The van der Waals surface area contributed by atoms with Crippen LogP contribution in [0.2, 0.25) is 0 Å². The van der Waals surface area contributed by atoms with Crippen molar-refractivity contribution in [3.05, 3.63) is 82.6 Å². The molecule has 1 aliphatic carbocycles. The van der Waals surface area contributed by atoms with Gasteiger partial charge in [-0.25, -0.2) is 4.79 Å². The predicted molar refractivity (Wildman–Crippen MR) is 214 cm³/mol. The maximum atomic E-state index is 15.2. The van der Waals surface area contributed by atoms with Gasteiger partial charge in [0.25, 0.3) is 0 Å². The summed E-state index contributed by atoms with van der Waals surface area (Å²) in [7, 11) is 6.22. The average Bonchev–Trinajstić information content (AvgIpc) is 3.87. The fourth-order valence-corrected chi connectivity index (χ4v) is 12.8. The normalized spacial score (nSPS) is 34.9. The lowest BCUT2D eigenvalue weighted by Crippen LogP contribution is -2.81. The smallest absolute Gasteiger partial charge is 0.344 e. The van der Waals surface area contributed by atoms with Crippen LogP contribution in [0.1, 0.15) is 68.8 Å². The summed E-state index contributed by atoms with van der Waals surface area (Å²) in [5.41, 5.74) is 1.05. The first kappa shape index (κ1) is 37.9. The number of methoxy groups -OCH3 is 3. The number of fused-ring (bicyclic) bond motifs is 6. The molecule has 0 radical (unpaired) electrons. The molecule has 302 valence electrons. The highest BCUT2D eigenvalue weighted by Gasteiger charge is 2.80. The van der Waals surface area contributed by atoms with Gasteiger partial charge >= 0.3 is 17.9 Å². The van der Waals surface area contributed by atoms with Crippen molar-refractivity contribution in [1.82, 2.24) is 14.8 Å². The molecule has 12 heteroatoms. The topological polar surface area (TPSA) is 134 Å². The molecule has 9 rings (SSSR count). The van der Waals surface area contributed by atoms with Gasteiger partial charge in [0, 0.05) is 90.9 Å². The van der Waals surface area contributed by atoms with Crippen molar-refractivity contribution < 1.29 is 38.4 Å². The number of anilines is 1. The first-order valence-corrected chi connectivity index (χ1v) is 20.3. The molecule has 6 heterocycles. The Morgan fingerprint density at radius 3 is 2.47 bits per heavy atom. The van der Waals surface area contributed by atoms with Gasteiger partial charge in [0.1, 0.15) is 11.2 Å². The number of aliphatic hydroxyl groups is 1. The van der Waals surface area contributed by atoms with Crippen LogP contribution >= 0.6 is 0 Å². The van der Waals surface area contributed by atoms with Crippen molar-refractivity contribution in [2.24, 2.45) is 11.3 Å². The van der Waals surface area contributed by atoms with E-state index in [0.29, 0.717) is 50.2 Å². The molecule has 1 unspecified atom stereocenters. The summed E-state index contributed by atoms with van der Waals surface area (Å²) in [6, 6.07) is 11.2. The lowest BCUT2D eigenvalue weighted by atomic mass is 9.47. The maximum Gasteiger partial charge on any atom is 0.344 e. The molecular weight excluding hydrogens is 725 g/mol. The summed E-state index contributed by atoms with van der Waals surface area (Å²) in [5.74, 6) is -1.31. The van der Waals surface area contributed by atoms with E-state index < -0.39 is 45.9 Å². The van der Waals surface area contributed by atoms with Gasteiger partial charge in [-0.15, -0.1) is 0 Å². The molecule has 6 aliphatic rings. The highest BCUT2D eigenvalue weighted by Crippen LogP contribution is 2.68. The number of hydrogen-bond acceptors (Lipinski definition) is 11. The Bertz CT molecular complexity index is 2250. The standard InChI is InChI=1S/C45H54N4O8/c1-8-27-19-28-22-44(40(51)55-6,36-30(25-48(23-27)24-28)29-13-10-11-14-33(29)46-36)32-20-31-34(21-35(32)54-5)47(4)38-43(31)16-18-49-17-12-15-42(9-2,37(43)49)39(57-26(3)50)45(38,53)41(52)56-7/h10-15,19-21,28,37-39,46,53H,8-9,16-18,22-25H2,1-7H3/t28-,37-,38+,39+,42+,43+,44+,45-/m0/s1. The van der Waals surface area contributed by atoms with E-state index in [2.05, 4.69) is 58.1 Å². The number of hydrogen-bond donors (Lipinski definition) is 2. The van der Waals surface area contributed by atoms with Gasteiger partial charge in [-0.2, -0.15) is 0 Å². The quantitative estimate of drug-likeness (QED) is 0.196. The molecule has 2 fully saturated rings. The number of benzene rings is 2. The van der Waals surface area contributed by atoms with Crippen LogP contribution in [0.3, 0.4) is 0 Å². The number of carbonyl (C=O) groups excluding carboxylic acids is 3. The summed E-state index contributed by atoms with van der Waals surface area (Å²) < 4.78 is 23.9. The number of nitrogens with one attached hydrogen (secondary N) is 1. The fourth-order valence-electron chi connectivity index (χ4n) is 12.8. The molecule has 1 spiro atoms.